The first-order chi connectivity index (χ1) is 9.32. The summed E-state index contributed by atoms with van der Waals surface area (Å²) >= 11 is 0. The molecule has 8 nitrogen and oxygen atoms in total. The number of anilines is 2. The zero-order chi connectivity index (χ0) is 15.2. The van der Waals surface area contributed by atoms with Crippen molar-refractivity contribution in [2.45, 2.75) is 6.18 Å². The maximum Gasteiger partial charge on any atom is 0.433 e. The number of primary amides is 1. The Balaban J connectivity index is 2.63. The summed E-state index contributed by atoms with van der Waals surface area (Å²) in [4.78, 5) is 17.3. The molecule has 0 atom stereocenters. The number of nitrogens with zero attached hydrogens (tertiary/aromatic N) is 2. The lowest BCUT2D eigenvalue weighted by Gasteiger charge is -2.11. The van der Waals surface area contributed by atoms with Crippen LogP contribution in [0.5, 0.6) is 0 Å². The van der Waals surface area contributed by atoms with E-state index in [1.807, 2.05) is 5.43 Å². The fraction of sp³-hybridized carbons (Fsp3) is 0.444. The van der Waals surface area contributed by atoms with Gasteiger partial charge in [0.25, 0.3) is 0 Å². The fourth-order valence-electron chi connectivity index (χ4n) is 1.17. The van der Waals surface area contributed by atoms with E-state index in [4.69, 9.17) is 16.3 Å². The van der Waals surface area contributed by atoms with E-state index < -0.39 is 17.8 Å². The lowest BCUT2D eigenvalue weighted by Crippen LogP contribution is -2.21. The Morgan fingerprint density at radius 3 is 2.65 bits per heavy atom. The highest BCUT2D eigenvalue weighted by molar-refractivity contribution is 5.74. The number of ether oxygens (including phenoxy) is 1. The van der Waals surface area contributed by atoms with Crippen molar-refractivity contribution in [3.8, 4) is 0 Å². The third kappa shape index (κ3) is 5.24. The van der Waals surface area contributed by atoms with Crippen LogP contribution in [-0.4, -0.2) is 35.6 Å². The van der Waals surface area contributed by atoms with E-state index in [1.54, 1.807) is 0 Å². The van der Waals surface area contributed by atoms with E-state index in [0.29, 0.717) is 0 Å². The Labute approximate surface area is 111 Å². The Hall–Kier alpha value is -2.14. The minimum absolute atomic E-state index is 0.0691. The number of amides is 1. The minimum Gasteiger partial charge on any atom is -0.370 e. The number of nitrogens with one attached hydrogen (secondary N) is 2. The molecule has 0 fully saturated rings. The van der Waals surface area contributed by atoms with Crippen LogP contribution in [0.4, 0.5) is 24.9 Å². The Kier molecular flexibility index (Phi) is 5.46. The summed E-state index contributed by atoms with van der Waals surface area (Å²) < 4.78 is 42.5. The number of alkyl halides is 3. The highest BCUT2D eigenvalue weighted by Gasteiger charge is 2.33. The second-order valence-electron chi connectivity index (χ2n) is 3.55. The van der Waals surface area contributed by atoms with E-state index in [2.05, 4.69) is 15.3 Å². The molecule has 1 heterocycles. The number of aromatic nitrogens is 2. The highest BCUT2D eigenvalue weighted by Crippen LogP contribution is 2.29. The van der Waals surface area contributed by atoms with Crippen LogP contribution in [0.1, 0.15) is 5.69 Å². The predicted molar refractivity (Wildman–Crippen MR) is 63.3 cm³/mol. The van der Waals surface area contributed by atoms with Crippen molar-refractivity contribution in [2.75, 3.05) is 30.5 Å². The average Bonchev–Trinajstić information content (AvgIpc) is 2.36. The Morgan fingerprint density at radius 1 is 1.40 bits per heavy atom. The summed E-state index contributed by atoms with van der Waals surface area (Å²) in [6, 6.07) is 0.731. The van der Waals surface area contributed by atoms with Gasteiger partial charge in [0.05, 0.1) is 6.61 Å². The SMILES string of the molecule is NNc1nc(NCCOCC(N)=O)cc(C(F)(F)F)n1. The molecule has 0 saturated carbocycles. The van der Waals surface area contributed by atoms with Gasteiger partial charge in [-0.2, -0.15) is 18.2 Å². The normalized spacial score (nSPS) is 11.2. The molecule has 0 aromatic carbocycles. The summed E-state index contributed by atoms with van der Waals surface area (Å²) in [5.41, 5.74) is 5.64. The van der Waals surface area contributed by atoms with Crippen molar-refractivity contribution in [3.63, 3.8) is 0 Å². The van der Waals surface area contributed by atoms with Gasteiger partial charge in [0.15, 0.2) is 5.69 Å². The maximum atomic E-state index is 12.6. The monoisotopic (exact) mass is 294 g/mol. The van der Waals surface area contributed by atoms with Gasteiger partial charge in [0, 0.05) is 12.6 Å². The first-order valence-corrected chi connectivity index (χ1v) is 5.35. The molecule has 0 aliphatic carbocycles. The predicted octanol–water partition coefficient (Wildman–Crippen LogP) is -0.305. The molecule has 11 heteroatoms. The van der Waals surface area contributed by atoms with E-state index in [9.17, 15) is 18.0 Å². The van der Waals surface area contributed by atoms with Gasteiger partial charge in [-0.3, -0.25) is 10.2 Å². The van der Waals surface area contributed by atoms with E-state index in [-0.39, 0.29) is 31.5 Å². The molecular formula is C9H13F3N6O2. The second kappa shape index (κ2) is 6.86. The smallest absolute Gasteiger partial charge is 0.370 e. The molecular weight excluding hydrogens is 281 g/mol. The zero-order valence-corrected chi connectivity index (χ0v) is 10.2. The number of nitrogens with two attached hydrogens (primary N) is 2. The number of carbonyl (C=O) groups is 1. The van der Waals surface area contributed by atoms with Gasteiger partial charge in [0.1, 0.15) is 12.4 Å². The van der Waals surface area contributed by atoms with Crippen LogP contribution in [0.15, 0.2) is 6.07 Å². The average molecular weight is 294 g/mol. The minimum atomic E-state index is -4.62. The molecule has 1 aromatic rings. The van der Waals surface area contributed by atoms with Crippen molar-refractivity contribution in [1.29, 1.82) is 0 Å². The molecule has 0 unspecified atom stereocenters. The van der Waals surface area contributed by atoms with Crippen molar-refractivity contribution in [2.24, 2.45) is 11.6 Å². The summed E-state index contributed by atoms with van der Waals surface area (Å²) in [6.45, 7) is -0.0693. The number of rotatable bonds is 7. The summed E-state index contributed by atoms with van der Waals surface area (Å²) in [5, 5.41) is 2.58. The van der Waals surface area contributed by atoms with Gasteiger partial charge in [-0.1, -0.05) is 0 Å². The molecule has 1 aromatic heterocycles. The zero-order valence-electron chi connectivity index (χ0n) is 10.2. The van der Waals surface area contributed by atoms with Gasteiger partial charge in [0.2, 0.25) is 11.9 Å². The lowest BCUT2D eigenvalue weighted by molar-refractivity contribution is -0.141. The molecule has 0 bridgehead atoms. The largest absolute Gasteiger partial charge is 0.433 e. The van der Waals surface area contributed by atoms with E-state index >= 15 is 0 Å². The molecule has 0 aliphatic rings. The molecule has 0 aliphatic heterocycles. The summed E-state index contributed by atoms with van der Waals surface area (Å²) in [7, 11) is 0. The molecule has 6 N–H and O–H groups in total. The van der Waals surface area contributed by atoms with Crippen LogP contribution in [0.25, 0.3) is 0 Å². The number of hydrogen-bond donors (Lipinski definition) is 4. The Morgan fingerprint density at radius 2 is 2.10 bits per heavy atom. The molecule has 1 amide bonds. The van der Waals surface area contributed by atoms with Gasteiger partial charge < -0.3 is 15.8 Å². The first kappa shape index (κ1) is 15.9. The number of nitrogen functional groups attached to an aromatic ring is 1. The van der Waals surface area contributed by atoms with Gasteiger partial charge >= 0.3 is 6.18 Å². The maximum absolute atomic E-state index is 12.6. The van der Waals surface area contributed by atoms with Crippen molar-refractivity contribution in [1.82, 2.24) is 9.97 Å². The Bertz CT molecular complexity index is 467. The van der Waals surface area contributed by atoms with Gasteiger partial charge in [-0.05, 0) is 0 Å². The van der Waals surface area contributed by atoms with Crippen molar-refractivity contribution in [3.05, 3.63) is 11.8 Å². The standard InChI is InChI=1S/C9H13F3N6O2/c10-9(11,12)5-3-7(17-8(16-5)18-14)15-1-2-20-4-6(13)19/h3H,1-2,4,14H2,(H2,13,19)(H2,15,16,17,18). The summed E-state index contributed by atoms with van der Waals surface area (Å²) in [5.74, 6) is 3.90. The highest BCUT2D eigenvalue weighted by atomic mass is 19.4. The van der Waals surface area contributed by atoms with Crippen molar-refractivity contribution < 1.29 is 22.7 Å². The third-order valence-corrected chi connectivity index (χ3v) is 1.94. The topological polar surface area (TPSA) is 128 Å². The second-order valence-corrected chi connectivity index (χ2v) is 3.55. The summed E-state index contributed by atoms with van der Waals surface area (Å²) in [6.07, 6.45) is -4.62. The van der Waals surface area contributed by atoms with Crippen LogP contribution in [0, 0.1) is 0 Å². The number of hydrazine groups is 1. The number of halogens is 3. The molecule has 112 valence electrons. The van der Waals surface area contributed by atoms with E-state index in [0.717, 1.165) is 6.07 Å². The van der Waals surface area contributed by atoms with Gasteiger partial charge in [-0.15, -0.1) is 0 Å². The lowest BCUT2D eigenvalue weighted by atomic mass is 10.4. The molecule has 1 rings (SSSR count). The van der Waals surface area contributed by atoms with Crippen molar-refractivity contribution >= 4 is 17.7 Å². The van der Waals surface area contributed by atoms with Crippen LogP contribution in [0.3, 0.4) is 0 Å². The first-order valence-electron chi connectivity index (χ1n) is 5.35. The molecule has 0 spiro atoms. The molecule has 20 heavy (non-hydrogen) atoms. The molecule has 0 saturated heterocycles. The fourth-order valence-corrected chi connectivity index (χ4v) is 1.17. The van der Waals surface area contributed by atoms with Crippen LogP contribution >= 0.6 is 0 Å². The van der Waals surface area contributed by atoms with Gasteiger partial charge in [-0.25, -0.2) is 10.8 Å². The van der Waals surface area contributed by atoms with Crippen LogP contribution < -0.4 is 22.3 Å². The number of hydrogen-bond acceptors (Lipinski definition) is 7. The quantitative estimate of drug-likeness (QED) is 0.308. The van der Waals surface area contributed by atoms with Crippen LogP contribution in [-0.2, 0) is 15.7 Å². The number of carbonyl (C=O) groups excluding carboxylic acids is 1. The van der Waals surface area contributed by atoms with E-state index in [1.165, 1.54) is 0 Å². The molecule has 0 radical (unpaired) electrons. The van der Waals surface area contributed by atoms with Crippen LogP contribution in [0.2, 0.25) is 0 Å². The third-order valence-electron chi connectivity index (χ3n) is 1.94.